The lowest BCUT2D eigenvalue weighted by Gasteiger charge is -2.38. The van der Waals surface area contributed by atoms with Gasteiger partial charge in [-0.25, -0.2) is 0 Å². The molecule has 4 aromatic rings. The largest absolute Gasteiger partial charge is 0.297 e. The summed E-state index contributed by atoms with van der Waals surface area (Å²) in [6, 6.07) is 31.2. The molecule has 1 aliphatic rings. The first-order chi connectivity index (χ1) is 16.4. The third kappa shape index (κ3) is 5.08. The molecule has 166 valence electrons. The van der Waals surface area contributed by atoms with E-state index >= 15 is 0 Å². The number of hydrogen-bond donors (Lipinski definition) is 0. The summed E-state index contributed by atoms with van der Waals surface area (Å²) in [5.74, 6) is 0.852. The minimum atomic E-state index is 0.00316. The van der Waals surface area contributed by atoms with Crippen molar-refractivity contribution < 1.29 is 0 Å². The molecule has 33 heavy (non-hydrogen) atoms. The van der Waals surface area contributed by atoms with E-state index in [1.165, 1.54) is 11.1 Å². The molecule has 0 saturated carbocycles. The maximum absolute atomic E-state index is 4.48. The predicted octanol–water partition coefficient (Wildman–Crippen LogP) is 4.08. The van der Waals surface area contributed by atoms with Gasteiger partial charge in [0.2, 0.25) is 0 Å². The van der Waals surface area contributed by atoms with Gasteiger partial charge in [0.05, 0.1) is 11.7 Å². The van der Waals surface area contributed by atoms with Crippen LogP contribution in [0.1, 0.15) is 23.0 Å². The molecule has 1 saturated heterocycles. The SMILES string of the molecule is C(=C\c1ccccc1)/CN1CCN([C@@H](c2ccccc2)c2nnnn2-c2ccccc2)CC1. The average Bonchev–Trinajstić information content (AvgIpc) is 3.36. The van der Waals surface area contributed by atoms with Crippen LogP contribution >= 0.6 is 0 Å². The monoisotopic (exact) mass is 436 g/mol. The molecule has 3 aromatic carbocycles. The van der Waals surface area contributed by atoms with Crippen molar-refractivity contribution in [3.63, 3.8) is 0 Å². The van der Waals surface area contributed by atoms with E-state index in [-0.39, 0.29) is 6.04 Å². The van der Waals surface area contributed by atoms with Crippen LogP contribution in [0.15, 0.2) is 97.1 Å². The van der Waals surface area contributed by atoms with Gasteiger partial charge in [-0.3, -0.25) is 9.80 Å². The zero-order valence-corrected chi connectivity index (χ0v) is 18.6. The number of benzene rings is 3. The van der Waals surface area contributed by atoms with E-state index in [0.717, 1.165) is 44.2 Å². The minimum absolute atomic E-state index is 0.00316. The lowest BCUT2D eigenvalue weighted by Crippen LogP contribution is -2.48. The second-order valence-corrected chi connectivity index (χ2v) is 8.25. The summed E-state index contributed by atoms with van der Waals surface area (Å²) in [7, 11) is 0. The van der Waals surface area contributed by atoms with Crippen molar-refractivity contribution in [1.29, 1.82) is 0 Å². The molecule has 0 radical (unpaired) electrons. The van der Waals surface area contributed by atoms with Crippen molar-refractivity contribution >= 4 is 6.08 Å². The Kier molecular flexibility index (Phi) is 6.66. The van der Waals surface area contributed by atoms with Gasteiger partial charge >= 0.3 is 0 Å². The maximum atomic E-state index is 4.48. The van der Waals surface area contributed by atoms with Crippen molar-refractivity contribution in [2.45, 2.75) is 6.04 Å². The van der Waals surface area contributed by atoms with Gasteiger partial charge in [-0.1, -0.05) is 91.0 Å². The highest BCUT2D eigenvalue weighted by Gasteiger charge is 2.30. The molecule has 6 nitrogen and oxygen atoms in total. The lowest BCUT2D eigenvalue weighted by atomic mass is 10.0. The highest BCUT2D eigenvalue weighted by Crippen LogP contribution is 2.29. The van der Waals surface area contributed by atoms with E-state index in [1.807, 2.05) is 41.1 Å². The second kappa shape index (κ2) is 10.3. The first kappa shape index (κ1) is 21.2. The van der Waals surface area contributed by atoms with E-state index in [2.05, 4.69) is 92.1 Å². The molecule has 1 fully saturated rings. The zero-order chi connectivity index (χ0) is 22.3. The van der Waals surface area contributed by atoms with E-state index in [4.69, 9.17) is 0 Å². The number of hydrogen-bond acceptors (Lipinski definition) is 5. The molecule has 0 bridgehead atoms. The van der Waals surface area contributed by atoms with Crippen molar-refractivity contribution in [1.82, 2.24) is 30.0 Å². The standard InChI is InChI=1S/C27H28N6/c1-4-11-23(12-5-1)13-10-18-31-19-21-32(22-20-31)26(24-14-6-2-7-15-24)27-28-29-30-33(27)25-16-8-3-9-17-25/h1-17,26H,18-22H2/b13-10+/t26-/m0/s1. The molecule has 0 unspecified atom stereocenters. The number of piperazine rings is 1. The van der Waals surface area contributed by atoms with Gasteiger partial charge in [-0.15, -0.1) is 5.10 Å². The Morgan fingerprint density at radius 1 is 0.758 bits per heavy atom. The van der Waals surface area contributed by atoms with E-state index in [9.17, 15) is 0 Å². The highest BCUT2D eigenvalue weighted by molar-refractivity contribution is 5.48. The van der Waals surface area contributed by atoms with Crippen LogP contribution in [-0.4, -0.2) is 62.7 Å². The summed E-state index contributed by atoms with van der Waals surface area (Å²) in [5.41, 5.74) is 3.43. The normalized spacial score (nSPS) is 16.2. The van der Waals surface area contributed by atoms with Gasteiger partial charge in [0.15, 0.2) is 5.82 Å². The van der Waals surface area contributed by atoms with Crippen LogP contribution in [0.4, 0.5) is 0 Å². The van der Waals surface area contributed by atoms with Crippen molar-refractivity contribution in [3.8, 4) is 5.69 Å². The maximum Gasteiger partial charge on any atom is 0.178 e. The number of aromatic nitrogens is 4. The molecule has 1 atom stereocenters. The number of rotatable bonds is 7. The molecular weight excluding hydrogens is 408 g/mol. The summed E-state index contributed by atoms with van der Waals surface area (Å²) >= 11 is 0. The van der Waals surface area contributed by atoms with Gasteiger partial charge in [0.25, 0.3) is 0 Å². The van der Waals surface area contributed by atoms with Gasteiger partial charge in [0, 0.05) is 32.7 Å². The molecule has 5 rings (SSSR count). The third-order valence-corrected chi connectivity index (χ3v) is 6.10. The fraction of sp³-hybridized carbons (Fsp3) is 0.222. The predicted molar refractivity (Wildman–Crippen MR) is 131 cm³/mol. The molecule has 0 amide bonds. The van der Waals surface area contributed by atoms with Gasteiger partial charge in [-0.2, -0.15) is 4.68 Å². The Balaban J connectivity index is 1.33. The Labute approximate surface area is 194 Å². The van der Waals surface area contributed by atoms with Crippen LogP contribution in [0.5, 0.6) is 0 Å². The second-order valence-electron chi connectivity index (χ2n) is 8.25. The van der Waals surface area contributed by atoms with Gasteiger partial charge in [0.1, 0.15) is 0 Å². The summed E-state index contributed by atoms with van der Waals surface area (Å²) in [5, 5.41) is 12.8. The zero-order valence-electron chi connectivity index (χ0n) is 18.6. The average molecular weight is 437 g/mol. The first-order valence-electron chi connectivity index (χ1n) is 11.4. The molecule has 6 heteroatoms. The van der Waals surface area contributed by atoms with Crippen LogP contribution in [0.25, 0.3) is 11.8 Å². The Hall–Kier alpha value is -3.61. The molecular formula is C27H28N6. The van der Waals surface area contributed by atoms with Crippen molar-refractivity contribution in [3.05, 3.63) is 114 Å². The fourth-order valence-corrected chi connectivity index (χ4v) is 4.38. The van der Waals surface area contributed by atoms with Crippen LogP contribution in [0.2, 0.25) is 0 Å². The highest BCUT2D eigenvalue weighted by atomic mass is 15.6. The Bertz CT molecular complexity index is 1150. The summed E-state index contributed by atoms with van der Waals surface area (Å²) < 4.78 is 1.87. The summed E-state index contributed by atoms with van der Waals surface area (Å²) in [4.78, 5) is 5.00. The Morgan fingerprint density at radius 2 is 1.39 bits per heavy atom. The summed E-state index contributed by atoms with van der Waals surface area (Å²) in [6.07, 6.45) is 4.46. The minimum Gasteiger partial charge on any atom is -0.297 e. The van der Waals surface area contributed by atoms with Crippen molar-refractivity contribution in [2.75, 3.05) is 32.7 Å². The molecule has 1 aromatic heterocycles. The number of tetrazole rings is 1. The third-order valence-electron chi connectivity index (χ3n) is 6.10. The summed E-state index contributed by atoms with van der Waals surface area (Å²) in [6.45, 7) is 4.89. The van der Waals surface area contributed by atoms with Crippen LogP contribution < -0.4 is 0 Å². The molecule has 0 aliphatic carbocycles. The van der Waals surface area contributed by atoms with Crippen LogP contribution in [0, 0.1) is 0 Å². The van der Waals surface area contributed by atoms with E-state index in [1.54, 1.807) is 0 Å². The fourth-order valence-electron chi connectivity index (χ4n) is 4.38. The number of para-hydroxylation sites is 1. The van der Waals surface area contributed by atoms with Gasteiger partial charge in [-0.05, 0) is 33.7 Å². The molecule has 0 N–H and O–H groups in total. The quantitative estimate of drug-likeness (QED) is 0.437. The van der Waals surface area contributed by atoms with E-state index < -0.39 is 0 Å². The smallest absolute Gasteiger partial charge is 0.178 e. The first-order valence-corrected chi connectivity index (χ1v) is 11.4. The van der Waals surface area contributed by atoms with Gasteiger partial charge < -0.3 is 0 Å². The molecule has 1 aliphatic heterocycles. The van der Waals surface area contributed by atoms with Crippen LogP contribution in [-0.2, 0) is 0 Å². The van der Waals surface area contributed by atoms with Crippen molar-refractivity contribution in [2.24, 2.45) is 0 Å². The Morgan fingerprint density at radius 3 is 2.09 bits per heavy atom. The van der Waals surface area contributed by atoms with E-state index in [0.29, 0.717) is 0 Å². The molecule has 0 spiro atoms. The topological polar surface area (TPSA) is 50.1 Å². The lowest BCUT2D eigenvalue weighted by molar-refractivity contribution is 0.113. The number of nitrogens with zero attached hydrogens (tertiary/aromatic N) is 6. The molecule has 2 heterocycles. The van der Waals surface area contributed by atoms with Crippen LogP contribution in [0.3, 0.4) is 0 Å².